The van der Waals surface area contributed by atoms with Gasteiger partial charge in [0.15, 0.2) is 0 Å². The summed E-state index contributed by atoms with van der Waals surface area (Å²) < 4.78 is 10.8. The number of ether oxygens (including phenoxy) is 2. The zero-order chi connectivity index (χ0) is 32.6. The van der Waals surface area contributed by atoms with Crippen LogP contribution in [0.15, 0.2) is 48.5 Å². The first kappa shape index (κ1) is 43.2. The maximum Gasteiger partial charge on any atom is 0.123 e. The number of halogens is 1. The average Bonchev–Trinajstić information content (AvgIpc) is 3.09. The highest BCUT2D eigenvalue weighted by Gasteiger charge is 2.02. The van der Waals surface area contributed by atoms with Crippen LogP contribution in [0.5, 0.6) is 11.5 Å². The molecule has 0 fully saturated rings. The number of para-hydroxylation sites is 2. The summed E-state index contributed by atoms with van der Waals surface area (Å²) in [6.45, 7) is 8.67. The monoisotopic (exact) mass is 675 g/mol. The predicted octanol–water partition coefficient (Wildman–Crippen LogP) is 9.21. The van der Waals surface area contributed by atoms with Crippen LogP contribution in [0, 0.1) is 0 Å². The van der Waals surface area contributed by atoms with E-state index >= 15 is 0 Å². The van der Waals surface area contributed by atoms with Crippen molar-refractivity contribution in [2.45, 2.75) is 129 Å². The maximum absolute atomic E-state index is 5.42. The molecular weight excluding hydrogens is 604 g/mol. The normalized spacial score (nSPS) is 11.0. The van der Waals surface area contributed by atoms with E-state index in [-0.39, 0.29) is 12.4 Å². The molecule has 0 heterocycles. The van der Waals surface area contributed by atoms with Crippen LogP contribution in [0.1, 0.15) is 127 Å². The van der Waals surface area contributed by atoms with Gasteiger partial charge in [0.25, 0.3) is 0 Å². The summed E-state index contributed by atoms with van der Waals surface area (Å²) in [5, 5.41) is 14.4. The summed E-state index contributed by atoms with van der Waals surface area (Å²) >= 11 is 0. The van der Waals surface area contributed by atoms with Crippen molar-refractivity contribution in [3.05, 3.63) is 59.7 Å². The van der Waals surface area contributed by atoms with E-state index in [0.29, 0.717) is 0 Å². The predicted molar refractivity (Wildman–Crippen MR) is 205 cm³/mol. The zero-order valence-electron chi connectivity index (χ0n) is 30.2. The molecule has 0 radical (unpaired) electrons. The molecule has 0 unspecified atom stereocenters. The van der Waals surface area contributed by atoms with Gasteiger partial charge in [-0.1, -0.05) is 113 Å². The third kappa shape index (κ3) is 24.0. The van der Waals surface area contributed by atoms with Crippen LogP contribution in [0.3, 0.4) is 0 Å². The molecule has 47 heavy (non-hydrogen) atoms. The molecule has 0 atom stereocenters. The summed E-state index contributed by atoms with van der Waals surface area (Å²) in [6, 6.07) is 16.5. The summed E-state index contributed by atoms with van der Waals surface area (Å²) in [4.78, 5) is 0. The Morgan fingerprint density at radius 2 is 0.617 bits per heavy atom. The standard InChI is InChI=1S/C40H70N4O2.ClH/c1-45-39-27-17-15-25-37(39)35-43-33-23-13-11-21-31-41-29-19-9-7-5-3-4-6-8-10-20-30-42-32-22-12-14-24-34-44-36-38-26-16-18-28-40(38)46-2;/h15-18,25-28,41-44H,3-14,19-24,29-36H2,1-2H3;1H. The minimum absolute atomic E-state index is 0. The highest BCUT2D eigenvalue weighted by Crippen LogP contribution is 2.17. The van der Waals surface area contributed by atoms with Crippen molar-refractivity contribution >= 4 is 12.4 Å². The van der Waals surface area contributed by atoms with Crippen LogP contribution in [-0.2, 0) is 13.1 Å². The van der Waals surface area contributed by atoms with Crippen molar-refractivity contribution in [2.75, 3.05) is 53.5 Å². The minimum atomic E-state index is 0. The van der Waals surface area contributed by atoms with E-state index in [1.165, 1.54) is 153 Å². The van der Waals surface area contributed by atoms with E-state index < -0.39 is 0 Å². The van der Waals surface area contributed by atoms with Gasteiger partial charge in [0.2, 0.25) is 0 Å². The largest absolute Gasteiger partial charge is 0.496 e. The van der Waals surface area contributed by atoms with Gasteiger partial charge in [-0.2, -0.15) is 0 Å². The van der Waals surface area contributed by atoms with Gasteiger partial charge in [-0.15, -0.1) is 12.4 Å². The number of hydrogen-bond donors (Lipinski definition) is 4. The van der Waals surface area contributed by atoms with Gasteiger partial charge >= 0.3 is 0 Å². The molecule has 2 aromatic carbocycles. The Bertz CT molecular complexity index is 872. The molecule has 4 N–H and O–H groups in total. The smallest absolute Gasteiger partial charge is 0.123 e. The SMILES string of the molecule is COc1ccccc1CNCCCCCCNCCCCCCCCCCCCNCCCCCCNCc1ccccc1OC.Cl. The van der Waals surface area contributed by atoms with Crippen LogP contribution in [0.4, 0.5) is 0 Å². The topological polar surface area (TPSA) is 66.6 Å². The lowest BCUT2D eigenvalue weighted by atomic mass is 10.1. The molecule has 0 amide bonds. The highest BCUT2D eigenvalue weighted by molar-refractivity contribution is 5.85. The molecule has 0 saturated carbocycles. The second kappa shape index (κ2) is 32.7. The van der Waals surface area contributed by atoms with E-state index in [2.05, 4.69) is 45.5 Å². The Morgan fingerprint density at radius 3 is 0.915 bits per heavy atom. The third-order valence-corrected chi connectivity index (χ3v) is 8.89. The molecule has 7 heteroatoms. The summed E-state index contributed by atoms with van der Waals surface area (Å²) in [5.74, 6) is 1.95. The van der Waals surface area contributed by atoms with Gasteiger partial charge in [0.1, 0.15) is 11.5 Å². The molecule has 0 aromatic heterocycles. The quantitative estimate of drug-likeness (QED) is 0.0566. The second-order valence-electron chi connectivity index (χ2n) is 12.8. The van der Waals surface area contributed by atoms with Crippen molar-refractivity contribution in [2.24, 2.45) is 0 Å². The molecule has 0 spiro atoms. The van der Waals surface area contributed by atoms with E-state index in [0.717, 1.165) is 37.7 Å². The average molecular weight is 675 g/mol. The fourth-order valence-corrected chi connectivity index (χ4v) is 6.02. The fraction of sp³-hybridized carbons (Fsp3) is 0.700. The van der Waals surface area contributed by atoms with Gasteiger partial charge < -0.3 is 30.7 Å². The summed E-state index contributed by atoms with van der Waals surface area (Å²) in [6.07, 6.45) is 24.3. The van der Waals surface area contributed by atoms with Crippen molar-refractivity contribution in [3.63, 3.8) is 0 Å². The zero-order valence-corrected chi connectivity index (χ0v) is 31.0. The number of benzene rings is 2. The fourth-order valence-electron chi connectivity index (χ4n) is 6.02. The number of rotatable bonds is 33. The van der Waals surface area contributed by atoms with Crippen molar-refractivity contribution in [3.8, 4) is 11.5 Å². The Morgan fingerprint density at radius 1 is 0.362 bits per heavy atom. The molecule has 2 rings (SSSR count). The van der Waals surface area contributed by atoms with E-state index in [1.807, 2.05) is 24.3 Å². The second-order valence-corrected chi connectivity index (χ2v) is 12.8. The van der Waals surface area contributed by atoms with E-state index in [1.54, 1.807) is 14.2 Å². The highest BCUT2D eigenvalue weighted by atomic mass is 35.5. The molecular formula is C40H71ClN4O2. The van der Waals surface area contributed by atoms with Gasteiger partial charge in [0.05, 0.1) is 14.2 Å². The molecule has 0 aliphatic heterocycles. The molecule has 6 nitrogen and oxygen atoms in total. The number of methoxy groups -OCH3 is 2. The third-order valence-electron chi connectivity index (χ3n) is 8.89. The lowest BCUT2D eigenvalue weighted by Gasteiger charge is -2.09. The van der Waals surface area contributed by atoms with Crippen LogP contribution >= 0.6 is 12.4 Å². The van der Waals surface area contributed by atoms with E-state index in [4.69, 9.17) is 9.47 Å². The first-order valence-electron chi connectivity index (χ1n) is 18.9. The Labute approximate surface area is 295 Å². The summed E-state index contributed by atoms with van der Waals surface area (Å²) in [7, 11) is 3.48. The first-order chi connectivity index (χ1) is 22.8. The number of nitrogens with one attached hydrogen (secondary N) is 4. The lowest BCUT2D eigenvalue weighted by Crippen LogP contribution is -2.17. The van der Waals surface area contributed by atoms with Gasteiger partial charge in [-0.05, 0) is 89.9 Å². The lowest BCUT2D eigenvalue weighted by molar-refractivity contribution is 0.407. The molecule has 270 valence electrons. The van der Waals surface area contributed by atoms with Crippen molar-refractivity contribution in [1.82, 2.24) is 21.3 Å². The van der Waals surface area contributed by atoms with Crippen LogP contribution in [-0.4, -0.2) is 53.5 Å². The van der Waals surface area contributed by atoms with Crippen LogP contribution in [0.25, 0.3) is 0 Å². The minimum Gasteiger partial charge on any atom is -0.496 e. The van der Waals surface area contributed by atoms with Crippen molar-refractivity contribution < 1.29 is 9.47 Å². The first-order valence-corrected chi connectivity index (χ1v) is 18.9. The summed E-state index contributed by atoms with van der Waals surface area (Å²) in [5.41, 5.74) is 2.48. The Hall–Kier alpha value is -1.83. The van der Waals surface area contributed by atoms with Gasteiger partial charge in [0, 0.05) is 24.2 Å². The maximum atomic E-state index is 5.42. The van der Waals surface area contributed by atoms with Crippen molar-refractivity contribution in [1.29, 1.82) is 0 Å². The molecule has 0 bridgehead atoms. The number of unbranched alkanes of at least 4 members (excludes halogenated alkanes) is 15. The molecule has 0 aliphatic rings. The molecule has 2 aromatic rings. The van der Waals surface area contributed by atoms with Gasteiger partial charge in [-0.25, -0.2) is 0 Å². The van der Waals surface area contributed by atoms with E-state index in [9.17, 15) is 0 Å². The Kier molecular flexibility index (Phi) is 30.1. The van der Waals surface area contributed by atoms with Crippen LogP contribution < -0.4 is 30.7 Å². The molecule has 0 saturated heterocycles. The number of hydrogen-bond acceptors (Lipinski definition) is 6. The Balaban J connectivity index is 0.0000110. The van der Waals surface area contributed by atoms with Crippen LogP contribution in [0.2, 0.25) is 0 Å². The van der Waals surface area contributed by atoms with Gasteiger partial charge in [-0.3, -0.25) is 0 Å². The molecule has 0 aliphatic carbocycles.